The summed E-state index contributed by atoms with van der Waals surface area (Å²) in [6.45, 7) is 5.01. The quantitative estimate of drug-likeness (QED) is 0.237. The first-order chi connectivity index (χ1) is 5.96. The van der Waals surface area contributed by atoms with Gasteiger partial charge in [0.1, 0.15) is 0 Å². The lowest BCUT2D eigenvalue weighted by atomic mass is 10.1. The predicted octanol–water partition coefficient (Wildman–Crippen LogP) is -0.422. The van der Waals surface area contributed by atoms with Gasteiger partial charge in [0.25, 0.3) is 0 Å². The molecule has 0 aliphatic carbocycles. The molecule has 0 spiro atoms. The fourth-order valence-corrected chi connectivity index (χ4v) is 1.58. The zero-order chi connectivity index (χ0) is 10.1. The number of aliphatic hydroxyl groups is 1. The van der Waals surface area contributed by atoms with Crippen molar-refractivity contribution in [3.8, 4) is 0 Å². The Bertz CT molecular complexity index is 215. The predicted molar refractivity (Wildman–Crippen MR) is 49.7 cm³/mol. The van der Waals surface area contributed by atoms with Gasteiger partial charge in [-0.15, -0.1) is 0 Å². The third-order valence-electron chi connectivity index (χ3n) is 2.57. The second-order valence-corrected chi connectivity index (χ2v) is 3.92. The van der Waals surface area contributed by atoms with Crippen molar-refractivity contribution < 1.29 is 10.3 Å². The Kier molecular flexibility index (Phi) is 2.77. The van der Waals surface area contributed by atoms with Crippen LogP contribution in [-0.4, -0.2) is 45.8 Å². The molecule has 2 atom stereocenters. The van der Waals surface area contributed by atoms with E-state index >= 15 is 0 Å². The number of amidine groups is 1. The number of hydrogen-bond acceptors (Lipinski definition) is 4. The van der Waals surface area contributed by atoms with Crippen molar-refractivity contribution in [1.29, 1.82) is 0 Å². The Morgan fingerprint density at radius 2 is 2.31 bits per heavy atom. The first kappa shape index (κ1) is 10.3. The van der Waals surface area contributed by atoms with E-state index in [9.17, 15) is 5.11 Å². The number of hydrogen-bond donors (Lipinski definition) is 3. The maximum absolute atomic E-state index is 9.68. The van der Waals surface area contributed by atoms with Gasteiger partial charge >= 0.3 is 0 Å². The zero-order valence-corrected chi connectivity index (χ0v) is 8.06. The van der Waals surface area contributed by atoms with E-state index in [0.717, 1.165) is 13.0 Å². The molecule has 0 radical (unpaired) electrons. The summed E-state index contributed by atoms with van der Waals surface area (Å²) in [7, 11) is 0. The Labute approximate surface area is 77.8 Å². The van der Waals surface area contributed by atoms with Gasteiger partial charge in [-0.2, -0.15) is 0 Å². The van der Waals surface area contributed by atoms with E-state index in [0.29, 0.717) is 6.54 Å². The lowest BCUT2D eigenvalue weighted by molar-refractivity contribution is 0.0669. The summed E-state index contributed by atoms with van der Waals surface area (Å²) in [5, 5.41) is 21.1. The lowest BCUT2D eigenvalue weighted by Gasteiger charge is -2.24. The molecule has 0 saturated carbocycles. The SMILES string of the molecule is CC(C(N)=NO)N1CCC(C)(O)C1. The third-order valence-corrected chi connectivity index (χ3v) is 2.57. The molecule has 1 aliphatic rings. The van der Waals surface area contributed by atoms with Crippen LogP contribution in [0.3, 0.4) is 0 Å². The summed E-state index contributed by atoms with van der Waals surface area (Å²) in [6.07, 6.45) is 0.732. The van der Waals surface area contributed by atoms with Gasteiger partial charge in [0.2, 0.25) is 0 Å². The van der Waals surface area contributed by atoms with Gasteiger partial charge in [-0.05, 0) is 20.3 Å². The molecule has 1 saturated heterocycles. The Morgan fingerprint density at radius 1 is 1.69 bits per heavy atom. The van der Waals surface area contributed by atoms with Crippen molar-refractivity contribution in [2.45, 2.75) is 31.9 Å². The van der Waals surface area contributed by atoms with E-state index in [1.165, 1.54) is 0 Å². The van der Waals surface area contributed by atoms with Crippen LogP contribution in [0, 0.1) is 0 Å². The van der Waals surface area contributed by atoms with Gasteiger partial charge in [-0.25, -0.2) is 0 Å². The standard InChI is InChI=1S/C8H17N3O2/c1-6(7(9)10-13)11-4-3-8(2,12)5-11/h6,12-13H,3-5H2,1-2H3,(H2,9,10). The molecule has 0 amide bonds. The third kappa shape index (κ3) is 2.32. The molecule has 76 valence electrons. The molecule has 5 nitrogen and oxygen atoms in total. The Morgan fingerprint density at radius 3 is 2.69 bits per heavy atom. The van der Waals surface area contributed by atoms with E-state index in [1.807, 2.05) is 11.8 Å². The summed E-state index contributed by atoms with van der Waals surface area (Å²) in [4.78, 5) is 2.00. The van der Waals surface area contributed by atoms with Gasteiger partial charge in [0.05, 0.1) is 11.6 Å². The molecule has 0 aromatic rings. The van der Waals surface area contributed by atoms with Gasteiger partial charge in [0, 0.05) is 13.1 Å². The normalized spacial score (nSPS) is 33.6. The molecule has 1 aliphatic heterocycles. The van der Waals surface area contributed by atoms with Crippen molar-refractivity contribution in [3.63, 3.8) is 0 Å². The zero-order valence-electron chi connectivity index (χ0n) is 8.06. The summed E-state index contributed by atoms with van der Waals surface area (Å²) in [6, 6.07) is -0.112. The highest BCUT2D eigenvalue weighted by molar-refractivity contribution is 5.84. The number of nitrogens with two attached hydrogens (primary N) is 1. The molecule has 0 bridgehead atoms. The molecule has 2 unspecified atom stereocenters. The minimum Gasteiger partial charge on any atom is -0.409 e. The van der Waals surface area contributed by atoms with Crippen LogP contribution in [0.1, 0.15) is 20.3 Å². The molecular formula is C8H17N3O2. The number of likely N-dealkylation sites (tertiary alicyclic amines) is 1. The van der Waals surface area contributed by atoms with Crippen LogP contribution in [0.25, 0.3) is 0 Å². The monoisotopic (exact) mass is 187 g/mol. The summed E-state index contributed by atoms with van der Waals surface area (Å²) < 4.78 is 0. The average Bonchev–Trinajstić information content (AvgIpc) is 2.43. The van der Waals surface area contributed by atoms with Gasteiger partial charge in [-0.3, -0.25) is 4.90 Å². The molecule has 4 N–H and O–H groups in total. The van der Waals surface area contributed by atoms with E-state index in [4.69, 9.17) is 10.9 Å². The average molecular weight is 187 g/mol. The molecule has 1 rings (SSSR count). The van der Waals surface area contributed by atoms with Crippen LogP contribution >= 0.6 is 0 Å². The van der Waals surface area contributed by atoms with Crippen LogP contribution in [0.5, 0.6) is 0 Å². The molecular weight excluding hydrogens is 170 g/mol. The molecule has 0 aromatic heterocycles. The highest BCUT2D eigenvalue weighted by atomic mass is 16.4. The molecule has 0 aromatic carbocycles. The maximum atomic E-state index is 9.68. The molecule has 1 heterocycles. The Balaban J connectivity index is 2.56. The largest absolute Gasteiger partial charge is 0.409 e. The van der Waals surface area contributed by atoms with Crippen LogP contribution in [-0.2, 0) is 0 Å². The van der Waals surface area contributed by atoms with E-state index in [1.54, 1.807) is 6.92 Å². The van der Waals surface area contributed by atoms with Gasteiger partial charge < -0.3 is 16.0 Å². The van der Waals surface area contributed by atoms with Crippen molar-refractivity contribution in [2.24, 2.45) is 10.9 Å². The molecule has 13 heavy (non-hydrogen) atoms. The maximum Gasteiger partial charge on any atom is 0.156 e. The molecule has 1 fully saturated rings. The highest BCUT2D eigenvalue weighted by Crippen LogP contribution is 2.21. The summed E-state index contributed by atoms with van der Waals surface area (Å²) >= 11 is 0. The fourth-order valence-electron chi connectivity index (χ4n) is 1.58. The summed E-state index contributed by atoms with van der Waals surface area (Å²) in [5.41, 5.74) is 4.83. The second-order valence-electron chi connectivity index (χ2n) is 3.92. The van der Waals surface area contributed by atoms with Crippen LogP contribution in [0.4, 0.5) is 0 Å². The van der Waals surface area contributed by atoms with Crippen molar-refractivity contribution in [1.82, 2.24) is 4.90 Å². The summed E-state index contributed by atoms with van der Waals surface area (Å²) in [5.74, 6) is 0.192. The van der Waals surface area contributed by atoms with E-state index in [2.05, 4.69) is 5.16 Å². The van der Waals surface area contributed by atoms with E-state index < -0.39 is 5.60 Å². The van der Waals surface area contributed by atoms with Gasteiger partial charge in [0.15, 0.2) is 5.84 Å². The van der Waals surface area contributed by atoms with Crippen molar-refractivity contribution >= 4 is 5.84 Å². The van der Waals surface area contributed by atoms with Crippen LogP contribution in [0.2, 0.25) is 0 Å². The smallest absolute Gasteiger partial charge is 0.156 e. The number of oxime groups is 1. The lowest BCUT2D eigenvalue weighted by Crippen LogP contribution is -2.43. The highest BCUT2D eigenvalue weighted by Gasteiger charge is 2.34. The topological polar surface area (TPSA) is 82.1 Å². The fraction of sp³-hybridized carbons (Fsp3) is 0.875. The first-order valence-corrected chi connectivity index (χ1v) is 4.40. The van der Waals surface area contributed by atoms with Gasteiger partial charge in [-0.1, -0.05) is 5.16 Å². The minimum atomic E-state index is -0.635. The Hall–Kier alpha value is -0.810. The van der Waals surface area contributed by atoms with Crippen molar-refractivity contribution in [2.75, 3.05) is 13.1 Å². The number of rotatable bonds is 2. The first-order valence-electron chi connectivity index (χ1n) is 4.40. The number of nitrogens with zero attached hydrogens (tertiary/aromatic N) is 2. The number of β-amino-alcohol motifs (C(OH)–C–C–N with tert-alkyl or cyclic N) is 1. The van der Waals surface area contributed by atoms with E-state index in [-0.39, 0.29) is 11.9 Å². The van der Waals surface area contributed by atoms with Crippen molar-refractivity contribution in [3.05, 3.63) is 0 Å². The van der Waals surface area contributed by atoms with Crippen LogP contribution < -0.4 is 5.73 Å². The minimum absolute atomic E-state index is 0.112. The van der Waals surface area contributed by atoms with Crippen LogP contribution in [0.15, 0.2) is 5.16 Å². The second kappa shape index (κ2) is 3.51. The molecule has 5 heteroatoms.